The molecule has 0 N–H and O–H groups in total. The van der Waals surface area contributed by atoms with Crippen molar-refractivity contribution in [2.75, 3.05) is 0 Å². The second-order valence-electron chi connectivity index (χ2n) is 8.61. The molecular weight excluding hydrogens is 361 g/mol. The summed E-state index contributed by atoms with van der Waals surface area (Å²) in [5.41, 5.74) is 2.29. The Kier molecular flexibility index (Phi) is 7.48. The van der Waals surface area contributed by atoms with Crippen LogP contribution in [0.15, 0.2) is 30.3 Å². The van der Waals surface area contributed by atoms with E-state index in [1.165, 1.54) is 75.5 Å². The van der Waals surface area contributed by atoms with Crippen LogP contribution in [0.25, 0.3) is 5.57 Å². The fourth-order valence-corrected chi connectivity index (χ4v) is 5.05. The van der Waals surface area contributed by atoms with Gasteiger partial charge in [0.05, 0.1) is 0 Å². The fourth-order valence-electron chi connectivity index (χ4n) is 5.05. The first kappa shape index (κ1) is 21.3. The molecule has 0 saturated heterocycles. The van der Waals surface area contributed by atoms with Gasteiger partial charge in [0.1, 0.15) is 5.75 Å². The van der Waals surface area contributed by atoms with Gasteiger partial charge in [-0.15, -0.1) is 13.2 Å². The number of hydrogen-bond acceptors (Lipinski definition) is 1. The molecule has 1 aromatic rings. The van der Waals surface area contributed by atoms with Gasteiger partial charge < -0.3 is 4.74 Å². The molecule has 0 bridgehead atoms. The topological polar surface area (TPSA) is 9.23 Å². The number of alkyl halides is 3. The lowest BCUT2D eigenvalue weighted by atomic mass is 9.70. The van der Waals surface area contributed by atoms with Crippen LogP contribution in [0.4, 0.5) is 13.2 Å². The minimum atomic E-state index is -4.63. The molecule has 0 aromatic heterocycles. The molecule has 3 rings (SSSR count). The highest BCUT2D eigenvalue weighted by atomic mass is 19.4. The molecule has 0 aliphatic heterocycles. The van der Waals surface area contributed by atoms with Gasteiger partial charge in [-0.1, -0.05) is 63.7 Å². The highest BCUT2D eigenvalue weighted by molar-refractivity contribution is 5.66. The molecule has 0 spiro atoms. The minimum absolute atomic E-state index is 0.152. The molecule has 0 radical (unpaired) electrons. The van der Waals surface area contributed by atoms with Crippen molar-refractivity contribution in [1.29, 1.82) is 0 Å². The number of halogens is 3. The van der Waals surface area contributed by atoms with Crippen molar-refractivity contribution >= 4 is 5.57 Å². The summed E-state index contributed by atoms with van der Waals surface area (Å²) in [7, 11) is 0. The monoisotopic (exact) mass is 394 g/mol. The maximum Gasteiger partial charge on any atom is 0.573 e. The average molecular weight is 395 g/mol. The maximum absolute atomic E-state index is 12.3. The van der Waals surface area contributed by atoms with E-state index in [0.717, 1.165) is 36.2 Å². The van der Waals surface area contributed by atoms with Crippen molar-refractivity contribution in [1.82, 2.24) is 0 Å². The summed E-state index contributed by atoms with van der Waals surface area (Å²) in [5.74, 6) is 2.45. The number of allylic oxidation sites excluding steroid dienone is 2. The van der Waals surface area contributed by atoms with E-state index in [1.54, 1.807) is 12.1 Å². The molecule has 1 fully saturated rings. The number of ether oxygens (including phenoxy) is 1. The molecule has 1 aromatic carbocycles. The van der Waals surface area contributed by atoms with Crippen LogP contribution in [0.3, 0.4) is 0 Å². The van der Waals surface area contributed by atoms with Gasteiger partial charge in [-0.05, 0) is 73.1 Å². The molecule has 0 heterocycles. The van der Waals surface area contributed by atoms with Crippen LogP contribution < -0.4 is 4.74 Å². The highest BCUT2D eigenvalue weighted by Crippen LogP contribution is 2.42. The molecule has 2 aliphatic rings. The van der Waals surface area contributed by atoms with Crippen molar-refractivity contribution in [2.24, 2.45) is 17.8 Å². The summed E-state index contributed by atoms with van der Waals surface area (Å²) in [4.78, 5) is 0. The smallest absolute Gasteiger partial charge is 0.406 e. The third kappa shape index (κ3) is 6.28. The summed E-state index contributed by atoms with van der Waals surface area (Å²) in [6.07, 6.45) is 12.1. The van der Waals surface area contributed by atoms with Crippen LogP contribution in [0.5, 0.6) is 5.75 Å². The highest BCUT2D eigenvalue weighted by Gasteiger charge is 2.31. The first-order chi connectivity index (χ1) is 13.4. The number of hydrogen-bond donors (Lipinski definition) is 0. The summed E-state index contributed by atoms with van der Waals surface area (Å²) < 4.78 is 40.8. The predicted molar refractivity (Wildman–Crippen MR) is 108 cm³/mol. The molecule has 2 aliphatic carbocycles. The van der Waals surface area contributed by atoms with Crippen molar-refractivity contribution < 1.29 is 17.9 Å². The van der Waals surface area contributed by atoms with E-state index in [-0.39, 0.29) is 5.75 Å². The van der Waals surface area contributed by atoms with Crippen LogP contribution >= 0.6 is 0 Å². The number of rotatable bonds is 7. The molecular formula is C24H33F3O. The van der Waals surface area contributed by atoms with Crippen LogP contribution in [-0.2, 0) is 0 Å². The van der Waals surface area contributed by atoms with E-state index >= 15 is 0 Å². The largest absolute Gasteiger partial charge is 0.573 e. The van der Waals surface area contributed by atoms with Crippen LogP contribution in [-0.4, -0.2) is 6.36 Å². The van der Waals surface area contributed by atoms with E-state index in [4.69, 9.17) is 0 Å². The van der Waals surface area contributed by atoms with E-state index in [9.17, 15) is 13.2 Å². The molecule has 1 saturated carbocycles. The standard InChI is InChI=1S/C24H33F3O/c1-2-3-4-5-18-6-8-19(9-7-18)20-10-12-21(13-11-20)22-14-16-23(17-15-22)28-24(25,26)27/h12,14-20H,2-11,13H2,1H3/t18-,19-,20?. The van der Waals surface area contributed by atoms with E-state index in [1.807, 2.05) is 0 Å². The summed E-state index contributed by atoms with van der Waals surface area (Å²) in [6.45, 7) is 2.27. The lowest BCUT2D eigenvalue weighted by Gasteiger charge is -2.35. The molecule has 0 amide bonds. The van der Waals surface area contributed by atoms with E-state index in [2.05, 4.69) is 17.7 Å². The van der Waals surface area contributed by atoms with Crippen LogP contribution in [0, 0.1) is 17.8 Å². The summed E-state index contributed by atoms with van der Waals surface area (Å²) in [6, 6.07) is 6.31. The van der Waals surface area contributed by atoms with Gasteiger partial charge in [-0.25, -0.2) is 0 Å². The second-order valence-corrected chi connectivity index (χ2v) is 8.61. The lowest BCUT2D eigenvalue weighted by Crippen LogP contribution is -2.23. The Morgan fingerprint density at radius 2 is 1.64 bits per heavy atom. The van der Waals surface area contributed by atoms with Crippen molar-refractivity contribution in [3.63, 3.8) is 0 Å². The van der Waals surface area contributed by atoms with Gasteiger partial charge in [0, 0.05) is 0 Å². The van der Waals surface area contributed by atoms with Crippen molar-refractivity contribution in [3.8, 4) is 5.75 Å². The Bertz CT molecular complexity index is 624. The Labute approximate surface area is 167 Å². The van der Waals surface area contributed by atoms with Gasteiger partial charge in [0.2, 0.25) is 0 Å². The van der Waals surface area contributed by atoms with Gasteiger partial charge in [0.15, 0.2) is 0 Å². The normalized spacial score (nSPS) is 26.0. The number of unbranched alkanes of at least 4 members (excludes halogenated alkanes) is 2. The van der Waals surface area contributed by atoms with Crippen molar-refractivity contribution in [2.45, 2.75) is 83.9 Å². The Morgan fingerprint density at radius 1 is 0.929 bits per heavy atom. The molecule has 4 heteroatoms. The maximum atomic E-state index is 12.3. The molecule has 1 unspecified atom stereocenters. The summed E-state index contributed by atoms with van der Waals surface area (Å²) >= 11 is 0. The molecule has 28 heavy (non-hydrogen) atoms. The van der Waals surface area contributed by atoms with Crippen LogP contribution in [0.1, 0.15) is 83.1 Å². The zero-order valence-electron chi connectivity index (χ0n) is 16.9. The third-order valence-corrected chi connectivity index (χ3v) is 6.68. The van der Waals surface area contributed by atoms with E-state index < -0.39 is 6.36 Å². The average Bonchev–Trinajstić information content (AvgIpc) is 2.68. The lowest BCUT2D eigenvalue weighted by molar-refractivity contribution is -0.274. The van der Waals surface area contributed by atoms with Crippen LogP contribution in [0.2, 0.25) is 0 Å². The minimum Gasteiger partial charge on any atom is -0.406 e. The fraction of sp³-hybridized carbons (Fsp3) is 0.667. The summed E-state index contributed by atoms with van der Waals surface area (Å²) in [5, 5.41) is 0. The first-order valence-electron chi connectivity index (χ1n) is 11.0. The number of benzene rings is 1. The predicted octanol–water partition coefficient (Wildman–Crippen LogP) is 8.16. The zero-order valence-corrected chi connectivity index (χ0v) is 16.9. The molecule has 156 valence electrons. The molecule has 1 atom stereocenters. The van der Waals surface area contributed by atoms with Gasteiger partial charge >= 0.3 is 6.36 Å². The third-order valence-electron chi connectivity index (χ3n) is 6.68. The Hall–Kier alpha value is -1.45. The van der Waals surface area contributed by atoms with Crippen molar-refractivity contribution in [3.05, 3.63) is 35.9 Å². The molecule has 1 nitrogen and oxygen atoms in total. The first-order valence-corrected chi connectivity index (χ1v) is 11.0. The SMILES string of the molecule is CCCCC[C@H]1CC[C@H](C2CC=C(c3ccc(OC(F)(F)F)cc3)CC2)CC1. The van der Waals surface area contributed by atoms with Gasteiger partial charge in [0.25, 0.3) is 0 Å². The van der Waals surface area contributed by atoms with Gasteiger partial charge in [-0.2, -0.15) is 0 Å². The quantitative estimate of drug-likeness (QED) is 0.424. The Balaban J connectivity index is 1.47. The Morgan fingerprint density at radius 3 is 2.21 bits per heavy atom. The zero-order chi connectivity index (χ0) is 20.0. The van der Waals surface area contributed by atoms with E-state index in [0.29, 0.717) is 0 Å². The second kappa shape index (κ2) is 9.84. The van der Waals surface area contributed by atoms with Gasteiger partial charge in [-0.3, -0.25) is 0 Å².